The van der Waals surface area contributed by atoms with Crippen molar-refractivity contribution in [3.8, 4) is 5.75 Å². The summed E-state index contributed by atoms with van der Waals surface area (Å²) in [4.78, 5) is 54.8. The van der Waals surface area contributed by atoms with Crippen LogP contribution in [0.4, 0.5) is 11.4 Å². The van der Waals surface area contributed by atoms with Crippen LogP contribution in [-0.2, 0) is 20.9 Å². The predicted molar refractivity (Wildman–Crippen MR) is 141 cm³/mol. The molecular weight excluding hydrogens is 494 g/mol. The number of hydrogen-bond donors (Lipinski definition) is 1. The molecule has 0 saturated carbocycles. The van der Waals surface area contributed by atoms with Gasteiger partial charge in [-0.15, -0.1) is 0 Å². The number of nitrogens with zero attached hydrogens (tertiary/aromatic N) is 2. The van der Waals surface area contributed by atoms with Crippen LogP contribution in [0, 0.1) is 0 Å². The van der Waals surface area contributed by atoms with E-state index in [1.54, 1.807) is 86.8 Å². The zero-order valence-electron chi connectivity index (χ0n) is 20.4. The van der Waals surface area contributed by atoms with Gasteiger partial charge in [-0.3, -0.25) is 24.1 Å². The molecule has 8 nitrogen and oxygen atoms in total. The molecule has 190 valence electrons. The van der Waals surface area contributed by atoms with E-state index in [-0.39, 0.29) is 12.1 Å². The minimum atomic E-state index is -0.866. The molecule has 0 saturated heterocycles. The zero-order chi connectivity index (χ0) is 26.5. The SMILES string of the molecule is CC[C@@H](C(=O)Nc1ccc(OC)cc1)N(Cc1ccccc1Cl)C(=O)CN1C(=O)C(=O)c2ccccc21. The Morgan fingerprint density at radius 2 is 1.68 bits per heavy atom. The summed E-state index contributed by atoms with van der Waals surface area (Å²) in [5.74, 6) is -1.68. The van der Waals surface area contributed by atoms with Crippen LogP contribution in [0.3, 0.4) is 0 Å². The first-order chi connectivity index (χ1) is 17.8. The molecule has 1 atom stereocenters. The lowest BCUT2D eigenvalue weighted by molar-refractivity contribution is -0.138. The van der Waals surface area contributed by atoms with E-state index in [1.165, 1.54) is 4.90 Å². The molecule has 37 heavy (non-hydrogen) atoms. The summed E-state index contributed by atoms with van der Waals surface area (Å²) in [6.45, 7) is 1.45. The molecule has 0 bridgehead atoms. The van der Waals surface area contributed by atoms with Crippen LogP contribution in [0.25, 0.3) is 0 Å². The number of carbonyl (C=O) groups excluding carboxylic acids is 4. The van der Waals surface area contributed by atoms with Crippen LogP contribution in [0.15, 0.2) is 72.8 Å². The molecule has 3 aromatic rings. The lowest BCUT2D eigenvalue weighted by Gasteiger charge is -2.32. The minimum absolute atomic E-state index is 0.0463. The number of anilines is 2. The van der Waals surface area contributed by atoms with Crippen molar-refractivity contribution in [2.75, 3.05) is 23.9 Å². The maximum absolute atomic E-state index is 13.7. The van der Waals surface area contributed by atoms with Crippen molar-refractivity contribution in [2.45, 2.75) is 25.9 Å². The summed E-state index contributed by atoms with van der Waals surface area (Å²) in [6.07, 6.45) is 0.307. The van der Waals surface area contributed by atoms with Gasteiger partial charge in [0.25, 0.3) is 11.7 Å². The Hall–Kier alpha value is -4.17. The van der Waals surface area contributed by atoms with Gasteiger partial charge in [0.05, 0.1) is 18.4 Å². The molecule has 0 radical (unpaired) electrons. The number of ether oxygens (including phenoxy) is 1. The second-order valence-electron chi connectivity index (χ2n) is 8.49. The van der Waals surface area contributed by atoms with E-state index in [0.29, 0.717) is 34.1 Å². The Balaban J connectivity index is 1.62. The van der Waals surface area contributed by atoms with E-state index in [1.807, 2.05) is 0 Å². The van der Waals surface area contributed by atoms with Crippen LogP contribution < -0.4 is 15.0 Å². The van der Waals surface area contributed by atoms with Gasteiger partial charge in [-0.2, -0.15) is 0 Å². The van der Waals surface area contributed by atoms with Gasteiger partial charge in [0.2, 0.25) is 11.8 Å². The molecule has 0 aromatic heterocycles. The first kappa shape index (κ1) is 25.9. The van der Waals surface area contributed by atoms with E-state index in [0.717, 1.165) is 4.90 Å². The third kappa shape index (κ3) is 5.49. The van der Waals surface area contributed by atoms with Gasteiger partial charge >= 0.3 is 0 Å². The molecule has 9 heteroatoms. The number of para-hydroxylation sites is 1. The number of rotatable bonds is 9. The smallest absolute Gasteiger partial charge is 0.299 e. The number of Topliss-reactive ketones (excluding diaryl/α,β-unsaturated/α-hetero) is 1. The van der Waals surface area contributed by atoms with Gasteiger partial charge in [-0.05, 0) is 54.4 Å². The van der Waals surface area contributed by atoms with Crippen molar-refractivity contribution >= 4 is 46.5 Å². The molecule has 0 aliphatic carbocycles. The van der Waals surface area contributed by atoms with Crippen LogP contribution in [0.1, 0.15) is 29.3 Å². The highest BCUT2D eigenvalue weighted by Gasteiger charge is 2.38. The fourth-order valence-corrected chi connectivity index (χ4v) is 4.46. The Kier molecular flexibility index (Phi) is 7.89. The molecule has 0 fully saturated rings. The fourth-order valence-electron chi connectivity index (χ4n) is 4.26. The van der Waals surface area contributed by atoms with Gasteiger partial charge in [-0.25, -0.2) is 0 Å². The number of halogens is 1. The first-order valence-corrected chi connectivity index (χ1v) is 12.1. The quantitative estimate of drug-likeness (QED) is 0.425. The molecule has 0 unspecified atom stereocenters. The molecule has 1 N–H and O–H groups in total. The van der Waals surface area contributed by atoms with E-state index in [9.17, 15) is 19.2 Å². The predicted octanol–water partition coefficient (Wildman–Crippen LogP) is 4.32. The Bertz CT molecular complexity index is 1340. The molecule has 3 amide bonds. The van der Waals surface area contributed by atoms with Crippen molar-refractivity contribution < 1.29 is 23.9 Å². The summed E-state index contributed by atoms with van der Waals surface area (Å²) >= 11 is 6.38. The Labute approximate surface area is 219 Å². The van der Waals surface area contributed by atoms with Crippen molar-refractivity contribution in [2.24, 2.45) is 0 Å². The standard InChI is InChI=1S/C28H26ClN3O5/c1-3-23(27(35)30-19-12-14-20(37-2)15-13-19)31(16-18-8-4-6-10-22(18)29)25(33)17-32-24-11-7-5-9-21(24)26(34)28(32)36/h4-15,23H,3,16-17H2,1-2H3,(H,30,35)/t23-/m0/s1. The zero-order valence-corrected chi connectivity index (χ0v) is 21.2. The monoisotopic (exact) mass is 519 g/mol. The second kappa shape index (κ2) is 11.3. The van der Waals surface area contributed by atoms with Crippen molar-refractivity contribution in [1.82, 2.24) is 4.90 Å². The average Bonchev–Trinajstić information content (AvgIpc) is 3.15. The number of nitrogens with one attached hydrogen (secondary N) is 1. The van der Waals surface area contributed by atoms with Crippen LogP contribution in [-0.4, -0.2) is 48.1 Å². The molecule has 4 rings (SSSR count). The highest BCUT2D eigenvalue weighted by Crippen LogP contribution is 2.29. The third-order valence-electron chi connectivity index (χ3n) is 6.21. The number of carbonyl (C=O) groups is 4. The third-order valence-corrected chi connectivity index (χ3v) is 6.58. The molecular formula is C28H26ClN3O5. The van der Waals surface area contributed by atoms with Gasteiger partial charge in [0, 0.05) is 17.3 Å². The van der Waals surface area contributed by atoms with Crippen molar-refractivity contribution in [3.05, 3.63) is 88.9 Å². The number of fused-ring (bicyclic) bond motifs is 1. The van der Waals surface area contributed by atoms with Gasteiger partial charge in [0.15, 0.2) is 0 Å². The summed E-state index contributed by atoms with van der Waals surface area (Å²) < 4.78 is 5.16. The minimum Gasteiger partial charge on any atom is -0.497 e. The number of amides is 3. The van der Waals surface area contributed by atoms with Gasteiger partial charge in [0.1, 0.15) is 18.3 Å². The lowest BCUT2D eigenvalue weighted by Crippen LogP contribution is -2.50. The number of hydrogen-bond acceptors (Lipinski definition) is 5. The van der Waals surface area contributed by atoms with Gasteiger partial charge < -0.3 is 15.0 Å². The summed E-state index contributed by atoms with van der Waals surface area (Å²) in [5.41, 5.74) is 1.82. The van der Waals surface area contributed by atoms with Crippen LogP contribution in [0.2, 0.25) is 5.02 Å². The Morgan fingerprint density at radius 1 is 1.00 bits per heavy atom. The van der Waals surface area contributed by atoms with E-state index in [4.69, 9.17) is 16.3 Å². The maximum Gasteiger partial charge on any atom is 0.299 e. The average molecular weight is 520 g/mol. The number of ketones is 1. The normalized spacial score (nSPS) is 13.2. The first-order valence-electron chi connectivity index (χ1n) is 11.8. The molecule has 3 aromatic carbocycles. The maximum atomic E-state index is 13.7. The van der Waals surface area contributed by atoms with Crippen LogP contribution >= 0.6 is 11.6 Å². The molecule has 1 heterocycles. The van der Waals surface area contributed by atoms with Crippen LogP contribution in [0.5, 0.6) is 5.75 Å². The van der Waals surface area contributed by atoms with E-state index < -0.39 is 36.1 Å². The topological polar surface area (TPSA) is 96.0 Å². The second-order valence-corrected chi connectivity index (χ2v) is 8.90. The lowest BCUT2D eigenvalue weighted by atomic mass is 10.1. The Morgan fingerprint density at radius 3 is 2.35 bits per heavy atom. The van der Waals surface area contributed by atoms with E-state index >= 15 is 0 Å². The highest BCUT2D eigenvalue weighted by molar-refractivity contribution is 6.52. The largest absolute Gasteiger partial charge is 0.497 e. The highest BCUT2D eigenvalue weighted by atomic mass is 35.5. The summed E-state index contributed by atoms with van der Waals surface area (Å²) in [7, 11) is 1.55. The molecule has 1 aliphatic rings. The molecule has 1 aliphatic heterocycles. The van der Waals surface area contributed by atoms with E-state index in [2.05, 4.69) is 5.32 Å². The number of benzene rings is 3. The van der Waals surface area contributed by atoms with Gasteiger partial charge in [-0.1, -0.05) is 48.9 Å². The van der Waals surface area contributed by atoms with Crippen molar-refractivity contribution in [3.63, 3.8) is 0 Å². The fraction of sp³-hybridized carbons (Fsp3) is 0.214. The summed E-state index contributed by atoms with van der Waals surface area (Å²) in [5, 5.41) is 3.30. The molecule has 0 spiro atoms. The summed E-state index contributed by atoms with van der Waals surface area (Å²) in [6, 6.07) is 19.6. The number of methoxy groups -OCH3 is 1. The van der Waals surface area contributed by atoms with Crippen molar-refractivity contribution in [1.29, 1.82) is 0 Å².